The van der Waals surface area contributed by atoms with Crippen LogP contribution in [0.3, 0.4) is 0 Å². The van der Waals surface area contributed by atoms with Crippen molar-refractivity contribution in [3.63, 3.8) is 0 Å². The predicted molar refractivity (Wildman–Crippen MR) is 112 cm³/mol. The van der Waals surface area contributed by atoms with Crippen molar-refractivity contribution in [3.8, 4) is 0 Å². The zero-order chi connectivity index (χ0) is 20.9. The molecule has 1 atom stereocenters. The van der Waals surface area contributed by atoms with Gasteiger partial charge < -0.3 is 15.5 Å². The Labute approximate surface area is 172 Å². The summed E-state index contributed by atoms with van der Waals surface area (Å²) in [4.78, 5) is 30.4. The van der Waals surface area contributed by atoms with E-state index in [1.54, 1.807) is 60.7 Å². The van der Waals surface area contributed by atoms with E-state index in [2.05, 4.69) is 15.8 Å². The van der Waals surface area contributed by atoms with E-state index in [0.717, 1.165) is 0 Å². The molecule has 0 radical (unpaired) electrons. The van der Waals surface area contributed by atoms with Gasteiger partial charge in [0.1, 0.15) is 5.82 Å². The van der Waals surface area contributed by atoms with Crippen molar-refractivity contribution >= 4 is 28.9 Å². The molecule has 30 heavy (non-hydrogen) atoms. The SMILES string of the molecule is O=C(Nc1ccccc1NC(=O)C1CC(c2cccc(F)c2)=NO1)c1ccccc1. The van der Waals surface area contributed by atoms with Crippen LogP contribution in [0.2, 0.25) is 0 Å². The molecule has 4 rings (SSSR count). The monoisotopic (exact) mass is 403 g/mol. The third kappa shape index (κ3) is 4.35. The maximum atomic E-state index is 13.4. The lowest BCUT2D eigenvalue weighted by Crippen LogP contribution is -2.28. The van der Waals surface area contributed by atoms with E-state index in [9.17, 15) is 14.0 Å². The summed E-state index contributed by atoms with van der Waals surface area (Å²) in [5.74, 6) is -1.08. The highest BCUT2D eigenvalue weighted by molar-refractivity contribution is 6.09. The molecule has 0 saturated heterocycles. The second kappa shape index (κ2) is 8.57. The van der Waals surface area contributed by atoms with Crippen LogP contribution in [0.4, 0.5) is 15.8 Å². The molecule has 150 valence electrons. The standard InChI is InChI=1S/C23H18FN3O3/c24-17-10-6-9-16(13-17)20-14-21(30-27-20)23(29)26-19-12-5-4-11-18(19)25-22(28)15-7-2-1-3-8-15/h1-13,21H,14H2,(H,25,28)(H,26,29). The molecule has 1 aliphatic rings. The Kier molecular flexibility index (Phi) is 5.52. The van der Waals surface area contributed by atoms with Crippen LogP contribution >= 0.6 is 0 Å². The van der Waals surface area contributed by atoms with Crippen LogP contribution in [0.15, 0.2) is 84.0 Å². The summed E-state index contributed by atoms with van der Waals surface area (Å²) < 4.78 is 13.4. The van der Waals surface area contributed by atoms with Crippen LogP contribution in [-0.4, -0.2) is 23.6 Å². The molecule has 0 bridgehead atoms. The fourth-order valence-electron chi connectivity index (χ4n) is 3.05. The number of amides is 2. The number of benzene rings is 3. The average molecular weight is 403 g/mol. The van der Waals surface area contributed by atoms with Crippen LogP contribution in [-0.2, 0) is 9.63 Å². The molecule has 7 heteroatoms. The molecule has 6 nitrogen and oxygen atoms in total. The number of rotatable bonds is 5. The fraction of sp³-hybridized carbons (Fsp3) is 0.0870. The van der Waals surface area contributed by atoms with Crippen LogP contribution in [0.1, 0.15) is 22.3 Å². The molecule has 3 aromatic rings. The van der Waals surface area contributed by atoms with Gasteiger partial charge in [-0.3, -0.25) is 9.59 Å². The van der Waals surface area contributed by atoms with Gasteiger partial charge in [-0.1, -0.05) is 47.6 Å². The van der Waals surface area contributed by atoms with E-state index in [4.69, 9.17) is 4.84 Å². The first-order valence-corrected chi connectivity index (χ1v) is 9.35. The maximum Gasteiger partial charge on any atom is 0.268 e. The second-order valence-corrected chi connectivity index (χ2v) is 6.70. The number of halogens is 1. The number of hydrogen-bond donors (Lipinski definition) is 2. The molecule has 2 N–H and O–H groups in total. The first kappa shape index (κ1) is 19.3. The van der Waals surface area contributed by atoms with Gasteiger partial charge in [-0.15, -0.1) is 0 Å². The lowest BCUT2D eigenvalue weighted by atomic mass is 10.0. The van der Waals surface area contributed by atoms with Crippen LogP contribution in [0, 0.1) is 5.82 Å². The highest BCUT2D eigenvalue weighted by atomic mass is 19.1. The van der Waals surface area contributed by atoms with Crippen molar-refractivity contribution in [3.05, 3.63) is 95.8 Å². The first-order valence-electron chi connectivity index (χ1n) is 9.35. The molecule has 2 amide bonds. The van der Waals surface area contributed by atoms with E-state index in [1.807, 2.05) is 6.07 Å². The highest BCUT2D eigenvalue weighted by Gasteiger charge is 2.29. The van der Waals surface area contributed by atoms with Gasteiger partial charge in [0.15, 0.2) is 0 Å². The van der Waals surface area contributed by atoms with E-state index in [-0.39, 0.29) is 18.1 Å². The molecule has 0 aliphatic carbocycles. The Bertz CT molecular complexity index is 1120. The van der Waals surface area contributed by atoms with Crippen molar-refractivity contribution < 1.29 is 18.8 Å². The van der Waals surface area contributed by atoms with Gasteiger partial charge in [0.05, 0.1) is 17.1 Å². The van der Waals surface area contributed by atoms with Gasteiger partial charge in [-0.2, -0.15) is 0 Å². The summed E-state index contributed by atoms with van der Waals surface area (Å²) in [5, 5.41) is 9.49. The molecule has 0 aromatic heterocycles. The average Bonchev–Trinajstić information content (AvgIpc) is 3.26. The summed E-state index contributed by atoms with van der Waals surface area (Å²) in [7, 11) is 0. The Hall–Kier alpha value is -4.00. The van der Waals surface area contributed by atoms with Gasteiger partial charge in [-0.25, -0.2) is 4.39 Å². The smallest absolute Gasteiger partial charge is 0.268 e. The molecular weight excluding hydrogens is 385 g/mol. The van der Waals surface area contributed by atoms with E-state index >= 15 is 0 Å². The summed E-state index contributed by atoms with van der Waals surface area (Å²) >= 11 is 0. The molecule has 0 spiro atoms. The normalized spacial score (nSPS) is 15.1. The summed E-state index contributed by atoms with van der Waals surface area (Å²) in [6.45, 7) is 0. The number of nitrogens with zero attached hydrogens (tertiary/aromatic N) is 1. The zero-order valence-electron chi connectivity index (χ0n) is 15.8. The Morgan fingerprint density at radius 3 is 2.33 bits per heavy atom. The molecule has 1 aliphatic heterocycles. The molecule has 1 heterocycles. The number of carbonyl (C=O) groups is 2. The summed E-state index contributed by atoms with van der Waals surface area (Å²) in [5.41, 5.74) is 2.48. The molecule has 0 saturated carbocycles. The lowest BCUT2D eigenvalue weighted by molar-refractivity contribution is -0.125. The van der Waals surface area contributed by atoms with Crippen molar-refractivity contribution in [1.82, 2.24) is 0 Å². The van der Waals surface area contributed by atoms with Crippen LogP contribution in [0.5, 0.6) is 0 Å². The summed E-state index contributed by atoms with van der Waals surface area (Å²) in [6.07, 6.45) is -0.630. The van der Waals surface area contributed by atoms with Gasteiger partial charge in [0, 0.05) is 17.5 Å². The number of anilines is 2. The third-order valence-electron chi connectivity index (χ3n) is 4.59. The quantitative estimate of drug-likeness (QED) is 0.670. The van der Waals surface area contributed by atoms with Gasteiger partial charge >= 0.3 is 0 Å². The van der Waals surface area contributed by atoms with Crippen LogP contribution < -0.4 is 10.6 Å². The fourth-order valence-corrected chi connectivity index (χ4v) is 3.05. The van der Waals surface area contributed by atoms with Gasteiger partial charge in [-0.05, 0) is 36.4 Å². The first-order chi connectivity index (χ1) is 14.6. The van der Waals surface area contributed by atoms with Crippen molar-refractivity contribution in [1.29, 1.82) is 0 Å². The Morgan fingerprint density at radius 1 is 0.900 bits per heavy atom. The molecular formula is C23H18FN3O3. The zero-order valence-corrected chi connectivity index (χ0v) is 15.8. The number of para-hydroxylation sites is 2. The minimum Gasteiger partial charge on any atom is -0.382 e. The highest BCUT2D eigenvalue weighted by Crippen LogP contribution is 2.24. The predicted octanol–water partition coefficient (Wildman–Crippen LogP) is 4.21. The number of oxime groups is 1. The number of nitrogens with one attached hydrogen (secondary N) is 2. The minimum absolute atomic E-state index is 0.216. The minimum atomic E-state index is -0.846. The van der Waals surface area contributed by atoms with E-state index in [0.29, 0.717) is 28.2 Å². The Morgan fingerprint density at radius 2 is 1.60 bits per heavy atom. The lowest BCUT2D eigenvalue weighted by Gasteiger charge is -2.14. The van der Waals surface area contributed by atoms with Gasteiger partial charge in [0.2, 0.25) is 6.10 Å². The number of hydrogen-bond acceptors (Lipinski definition) is 4. The Balaban J connectivity index is 1.43. The van der Waals surface area contributed by atoms with Crippen molar-refractivity contribution in [2.75, 3.05) is 10.6 Å². The van der Waals surface area contributed by atoms with Crippen LogP contribution in [0.25, 0.3) is 0 Å². The van der Waals surface area contributed by atoms with Gasteiger partial charge in [0.25, 0.3) is 11.8 Å². The number of carbonyl (C=O) groups excluding carboxylic acids is 2. The topological polar surface area (TPSA) is 79.8 Å². The largest absolute Gasteiger partial charge is 0.382 e. The third-order valence-corrected chi connectivity index (χ3v) is 4.59. The van der Waals surface area contributed by atoms with Crippen molar-refractivity contribution in [2.24, 2.45) is 5.16 Å². The molecule has 0 fully saturated rings. The summed E-state index contributed by atoms with van der Waals surface area (Å²) in [6, 6.07) is 21.6. The van der Waals surface area contributed by atoms with Crippen molar-refractivity contribution in [2.45, 2.75) is 12.5 Å². The van der Waals surface area contributed by atoms with E-state index < -0.39 is 12.0 Å². The van der Waals surface area contributed by atoms with E-state index in [1.165, 1.54) is 12.1 Å². The molecule has 1 unspecified atom stereocenters. The second-order valence-electron chi connectivity index (χ2n) is 6.70. The molecule has 3 aromatic carbocycles. The maximum absolute atomic E-state index is 13.4.